The predicted molar refractivity (Wildman–Crippen MR) is 124 cm³/mol. The third-order valence-electron chi connectivity index (χ3n) is 3.98. The number of hydrogen-bond donors (Lipinski definition) is 0. The molecular weight excluding hydrogens is 420 g/mol. The van der Waals surface area contributed by atoms with Crippen LogP contribution in [0.3, 0.4) is 0 Å². The Morgan fingerprint density at radius 2 is 0.697 bits per heavy atom. The van der Waals surface area contributed by atoms with E-state index in [0.29, 0.717) is 0 Å². The summed E-state index contributed by atoms with van der Waals surface area (Å²) in [6.07, 6.45) is 4.56. The molecule has 33 heavy (non-hydrogen) atoms. The van der Waals surface area contributed by atoms with Gasteiger partial charge in [-0.3, -0.25) is 0 Å². The molecule has 9 nitrogen and oxygen atoms in total. The molecule has 0 aliphatic carbocycles. The first-order chi connectivity index (χ1) is 16.3. The molecule has 0 aliphatic rings. The van der Waals surface area contributed by atoms with Crippen LogP contribution in [0, 0.1) is 0 Å². The van der Waals surface area contributed by atoms with E-state index in [1.54, 1.807) is 0 Å². The number of aromatic nitrogens is 3. The standard InChI is InChI=1S/C24H18N6O3/c1-4-10-19(11-5-1)16-25-31-22-28-23(32-26-17-20-12-6-2-7-13-20)30-24(29-22)33-27-18-21-14-8-3-9-15-21/h1-18H. The van der Waals surface area contributed by atoms with Crippen LogP contribution < -0.4 is 14.5 Å². The second-order valence-electron chi connectivity index (χ2n) is 6.39. The van der Waals surface area contributed by atoms with E-state index in [0.717, 1.165) is 16.7 Å². The number of benzene rings is 3. The topological polar surface area (TPSA) is 103 Å². The minimum atomic E-state index is -0.146. The average Bonchev–Trinajstić information content (AvgIpc) is 2.86. The first-order valence-corrected chi connectivity index (χ1v) is 9.87. The molecule has 162 valence electrons. The van der Waals surface area contributed by atoms with Gasteiger partial charge in [-0.05, 0) is 16.7 Å². The quantitative estimate of drug-likeness (QED) is 0.288. The summed E-state index contributed by atoms with van der Waals surface area (Å²) in [4.78, 5) is 27.9. The normalized spacial score (nSPS) is 11.3. The molecule has 0 fully saturated rings. The van der Waals surface area contributed by atoms with Crippen LogP contribution in [0.25, 0.3) is 0 Å². The number of oxime groups is 3. The van der Waals surface area contributed by atoms with E-state index in [4.69, 9.17) is 14.5 Å². The second-order valence-corrected chi connectivity index (χ2v) is 6.39. The monoisotopic (exact) mass is 438 g/mol. The summed E-state index contributed by atoms with van der Waals surface area (Å²) in [5.41, 5.74) is 2.54. The van der Waals surface area contributed by atoms with Crippen LogP contribution in [0.4, 0.5) is 0 Å². The van der Waals surface area contributed by atoms with Crippen LogP contribution in [-0.2, 0) is 0 Å². The molecule has 0 saturated carbocycles. The van der Waals surface area contributed by atoms with Gasteiger partial charge in [0, 0.05) is 0 Å². The van der Waals surface area contributed by atoms with Crippen molar-refractivity contribution >= 4 is 18.6 Å². The summed E-state index contributed by atoms with van der Waals surface area (Å²) < 4.78 is 0. The van der Waals surface area contributed by atoms with Crippen LogP contribution in [0.15, 0.2) is 106 Å². The Bertz CT molecular complexity index is 1060. The maximum absolute atomic E-state index is 5.26. The molecule has 0 N–H and O–H groups in total. The zero-order valence-corrected chi connectivity index (χ0v) is 17.3. The Kier molecular flexibility index (Phi) is 7.41. The Hall–Kier alpha value is -4.92. The summed E-state index contributed by atoms with van der Waals surface area (Å²) >= 11 is 0. The van der Waals surface area contributed by atoms with Crippen molar-refractivity contribution in [2.45, 2.75) is 0 Å². The molecule has 0 saturated heterocycles. The molecule has 0 aliphatic heterocycles. The maximum atomic E-state index is 5.26. The highest BCUT2D eigenvalue weighted by Gasteiger charge is 2.10. The van der Waals surface area contributed by atoms with Crippen LogP contribution >= 0.6 is 0 Å². The molecule has 9 heteroatoms. The first-order valence-electron chi connectivity index (χ1n) is 9.87. The average molecular weight is 438 g/mol. The lowest BCUT2D eigenvalue weighted by atomic mass is 10.2. The van der Waals surface area contributed by atoms with Crippen molar-refractivity contribution in [3.63, 3.8) is 0 Å². The molecule has 3 aromatic carbocycles. The third-order valence-corrected chi connectivity index (χ3v) is 3.98. The van der Waals surface area contributed by atoms with Crippen molar-refractivity contribution in [3.05, 3.63) is 108 Å². The SMILES string of the molecule is C(=NOc1nc(ON=Cc2ccccc2)nc(ON=Cc2ccccc2)n1)c1ccccc1. The maximum Gasteiger partial charge on any atom is 0.355 e. The van der Waals surface area contributed by atoms with Gasteiger partial charge in [0.15, 0.2) is 0 Å². The molecule has 4 aromatic rings. The van der Waals surface area contributed by atoms with Gasteiger partial charge in [0.05, 0.1) is 18.6 Å². The van der Waals surface area contributed by atoms with E-state index in [2.05, 4.69) is 30.4 Å². The fourth-order valence-corrected chi connectivity index (χ4v) is 2.46. The zero-order chi connectivity index (χ0) is 22.6. The first kappa shape index (κ1) is 21.3. The van der Waals surface area contributed by atoms with E-state index >= 15 is 0 Å². The predicted octanol–water partition coefficient (Wildman–Crippen LogP) is 4.11. The van der Waals surface area contributed by atoms with Crippen LogP contribution in [0.1, 0.15) is 16.7 Å². The summed E-state index contributed by atoms with van der Waals surface area (Å²) in [6.45, 7) is 0. The lowest BCUT2D eigenvalue weighted by molar-refractivity contribution is 0.251. The fourth-order valence-electron chi connectivity index (χ4n) is 2.46. The molecule has 4 rings (SSSR count). The highest BCUT2D eigenvalue weighted by atomic mass is 16.7. The molecular formula is C24H18N6O3. The van der Waals surface area contributed by atoms with Gasteiger partial charge in [-0.1, -0.05) is 106 Å². The van der Waals surface area contributed by atoms with Gasteiger partial charge in [-0.15, -0.1) is 15.0 Å². The lowest BCUT2D eigenvalue weighted by Gasteiger charge is -2.02. The van der Waals surface area contributed by atoms with Crippen molar-refractivity contribution in [2.75, 3.05) is 0 Å². The lowest BCUT2D eigenvalue weighted by Crippen LogP contribution is -2.02. The Morgan fingerprint density at radius 3 is 0.970 bits per heavy atom. The van der Waals surface area contributed by atoms with Gasteiger partial charge in [0.2, 0.25) is 0 Å². The van der Waals surface area contributed by atoms with Gasteiger partial charge in [0.1, 0.15) is 0 Å². The van der Waals surface area contributed by atoms with Crippen molar-refractivity contribution < 1.29 is 14.5 Å². The van der Waals surface area contributed by atoms with E-state index in [-0.39, 0.29) is 18.0 Å². The summed E-state index contributed by atoms with van der Waals surface area (Å²) in [6, 6.07) is 27.8. The highest BCUT2D eigenvalue weighted by Crippen LogP contribution is 2.15. The molecule has 0 radical (unpaired) electrons. The van der Waals surface area contributed by atoms with E-state index in [1.165, 1.54) is 18.6 Å². The van der Waals surface area contributed by atoms with Gasteiger partial charge in [-0.2, -0.15) is 0 Å². The van der Waals surface area contributed by atoms with Gasteiger partial charge in [-0.25, -0.2) is 0 Å². The van der Waals surface area contributed by atoms with Crippen molar-refractivity contribution in [3.8, 4) is 18.0 Å². The smallest absolute Gasteiger partial charge is 0.315 e. The Labute approximate surface area is 189 Å². The number of rotatable bonds is 9. The molecule has 0 bridgehead atoms. The minimum absolute atomic E-state index is 0.146. The molecule has 0 atom stereocenters. The van der Waals surface area contributed by atoms with Crippen molar-refractivity contribution in [1.29, 1.82) is 0 Å². The second kappa shape index (κ2) is 11.5. The molecule has 1 aromatic heterocycles. The van der Waals surface area contributed by atoms with Crippen LogP contribution in [-0.4, -0.2) is 33.6 Å². The number of hydrogen-bond acceptors (Lipinski definition) is 9. The largest absolute Gasteiger partial charge is 0.355 e. The van der Waals surface area contributed by atoms with Crippen LogP contribution in [0.2, 0.25) is 0 Å². The Balaban J connectivity index is 1.49. The van der Waals surface area contributed by atoms with Crippen LogP contribution in [0.5, 0.6) is 18.0 Å². The van der Waals surface area contributed by atoms with Gasteiger partial charge in [0.25, 0.3) is 0 Å². The number of nitrogens with zero attached hydrogens (tertiary/aromatic N) is 6. The summed E-state index contributed by atoms with van der Waals surface area (Å²) in [7, 11) is 0. The minimum Gasteiger partial charge on any atom is -0.315 e. The van der Waals surface area contributed by atoms with E-state index in [1.807, 2.05) is 91.0 Å². The van der Waals surface area contributed by atoms with E-state index < -0.39 is 0 Å². The zero-order valence-electron chi connectivity index (χ0n) is 17.3. The third kappa shape index (κ3) is 7.07. The molecule has 1 heterocycles. The van der Waals surface area contributed by atoms with Gasteiger partial charge < -0.3 is 14.5 Å². The molecule has 0 spiro atoms. The molecule has 0 amide bonds. The molecule has 0 unspecified atom stereocenters. The van der Waals surface area contributed by atoms with E-state index in [9.17, 15) is 0 Å². The summed E-state index contributed by atoms with van der Waals surface area (Å²) in [5.74, 6) is 0. The Morgan fingerprint density at radius 1 is 0.424 bits per heavy atom. The summed E-state index contributed by atoms with van der Waals surface area (Å²) in [5, 5.41) is 11.7. The highest BCUT2D eigenvalue weighted by molar-refractivity contribution is 5.79. The van der Waals surface area contributed by atoms with Gasteiger partial charge >= 0.3 is 18.0 Å². The van der Waals surface area contributed by atoms with Crippen molar-refractivity contribution in [2.24, 2.45) is 15.5 Å². The fraction of sp³-hybridized carbons (Fsp3) is 0. The van der Waals surface area contributed by atoms with Crippen molar-refractivity contribution in [1.82, 2.24) is 15.0 Å².